The van der Waals surface area contributed by atoms with E-state index in [9.17, 15) is 4.79 Å². The number of carbonyl (C=O) groups excluding carboxylic acids is 1. The molecule has 7 nitrogen and oxygen atoms in total. The van der Waals surface area contributed by atoms with Crippen molar-refractivity contribution in [3.63, 3.8) is 0 Å². The van der Waals surface area contributed by atoms with Crippen LogP contribution in [0.4, 0.5) is 17.1 Å². The molecule has 3 aromatic rings. The molecule has 0 bridgehead atoms. The monoisotopic (exact) mass is 512 g/mol. The first kappa shape index (κ1) is 25.9. The molecule has 0 aromatic heterocycles. The summed E-state index contributed by atoms with van der Waals surface area (Å²) >= 11 is 0. The number of nitrogens with one attached hydrogen (secondary N) is 1. The molecule has 0 aliphatic carbocycles. The van der Waals surface area contributed by atoms with Crippen molar-refractivity contribution >= 4 is 28.7 Å². The zero-order chi connectivity index (χ0) is 26.3. The second-order valence-electron chi connectivity index (χ2n) is 9.58. The maximum absolute atomic E-state index is 12.8. The Labute approximate surface area is 225 Å². The number of anilines is 2. The van der Waals surface area contributed by atoms with Crippen molar-refractivity contribution in [2.45, 2.75) is 20.3 Å². The topological polar surface area (TPSA) is 66.4 Å². The van der Waals surface area contributed by atoms with Crippen molar-refractivity contribution in [2.75, 3.05) is 62.8 Å². The predicted molar refractivity (Wildman–Crippen MR) is 153 cm³/mol. The van der Waals surface area contributed by atoms with E-state index in [-0.39, 0.29) is 5.91 Å². The van der Waals surface area contributed by atoms with Crippen molar-refractivity contribution in [1.29, 1.82) is 0 Å². The molecule has 0 unspecified atom stereocenters. The third-order valence-electron chi connectivity index (χ3n) is 7.22. The maximum Gasteiger partial charge on any atom is 0.255 e. The van der Waals surface area contributed by atoms with Crippen LogP contribution in [-0.4, -0.2) is 69.1 Å². The average Bonchev–Trinajstić information content (AvgIpc) is 3.40. The van der Waals surface area contributed by atoms with Crippen LogP contribution in [-0.2, 0) is 11.2 Å². The first-order valence-corrected chi connectivity index (χ1v) is 13.5. The zero-order valence-corrected chi connectivity index (χ0v) is 22.3. The SMILES string of the molecule is CCN(CC)CCOc1ccc2c(c1)CC(c1ccc(C(=O)Nc3ccc(N4CCOCC4)cc3)cc1)=N2. The molecule has 2 aliphatic heterocycles. The maximum atomic E-state index is 12.8. The summed E-state index contributed by atoms with van der Waals surface area (Å²) in [6, 6.07) is 21.8. The van der Waals surface area contributed by atoms with Crippen LogP contribution < -0.4 is 15.0 Å². The number of carbonyl (C=O) groups is 1. The largest absolute Gasteiger partial charge is 0.492 e. The lowest BCUT2D eigenvalue weighted by atomic mass is 10.0. The number of hydrogen-bond acceptors (Lipinski definition) is 6. The van der Waals surface area contributed by atoms with Gasteiger partial charge in [-0.3, -0.25) is 9.79 Å². The van der Waals surface area contributed by atoms with Gasteiger partial charge in [0.1, 0.15) is 12.4 Å². The van der Waals surface area contributed by atoms with Crippen LogP contribution in [0.5, 0.6) is 5.75 Å². The zero-order valence-electron chi connectivity index (χ0n) is 22.3. The minimum atomic E-state index is -0.126. The van der Waals surface area contributed by atoms with Gasteiger partial charge in [0.15, 0.2) is 0 Å². The highest BCUT2D eigenvalue weighted by Crippen LogP contribution is 2.32. The number of likely N-dealkylation sites (N-methyl/N-ethyl adjacent to an activating group) is 1. The number of aliphatic imine (C=N–C) groups is 1. The number of hydrogen-bond donors (Lipinski definition) is 1. The Morgan fingerprint density at radius 3 is 2.45 bits per heavy atom. The van der Waals surface area contributed by atoms with Crippen molar-refractivity contribution < 1.29 is 14.3 Å². The van der Waals surface area contributed by atoms with Crippen LogP contribution in [0, 0.1) is 0 Å². The number of nitrogens with zero attached hydrogens (tertiary/aromatic N) is 3. The van der Waals surface area contributed by atoms with Crippen molar-refractivity contribution in [3.05, 3.63) is 83.4 Å². The van der Waals surface area contributed by atoms with E-state index >= 15 is 0 Å². The van der Waals surface area contributed by atoms with Gasteiger partial charge in [-0.1, -0.05) is 26.0 Å². The van der Waals surface area contributed by atoms with E-state index in [1.54, 1.807) is 0 Å². The lowest BCUT2D eigenvalue weighted by Gasteiger charge is -2.28. The van der Waals surface area contributed by atoms with Gasteiger partial charge in [0.25, 0.3) is 5.91 Å². The molecule has 38 heavy (non-hydrogen) atoms. The predicted octanol–water partition coefficient (Wildman–Crippen LogP) is 5.17. The molecule has 2 heterocycles. The number of rotatable bonds is 10. The highest BCUT2D eigenvalue weighted by atomic mass is 16.5. The molecule has 0 atom stereocenters. The highest BCUT2D eigenvalue weighted by Gasteiger charge is 2.18. The number of amides is 1. The molecular formula is C31H36N4O3. The molecule has 1 amide bonds. The van der Waals surface area contributed by atoms with E-state index in [0.29, 0.717) is 12.2 Å². The lowest BCUT2D eigenvalue weighted by molar-refractivity contribution is 0.102. The summed E-state index contributed by atoms with van der Waals surface area (Å²) in [7, 11) is 0. The summed E-state index contributed by atoms with van der Waals surface area (Å²) in [6.45, 7) is 11.3. The Morgan fingerprint density at radius 1 is 1.00 bits per heavy atom. The summed E-state index contributed by atoms with van der Waals surface area (Å²) in [5, 5.41) is 3.00. The van der Waals surface area contributed by atoms with E-state index in [0.717, 1.165) is 86.4 Å². The van der Waals surface area contributed by atoms with Crippen LogP contribution >= 0.6 is 0 Å². The van der Waals surface area contributed by atoms with Crippen molar-refractivity contribution in [3.8, 4) is 5.75 Å². The van der Waals surface area contributed by atoms with Gasteiger partial charge in [0.2, 0.25) is 0 Å². The van der Waals surface area contributed by atoms with Crippen LogP contribution in [0.15, 0.2) is 71.7 Å². The smallest absolute Gasteiger partial charge is 0.255 e. The Bertz CT molecular complexity index is 1260. The molecule has 7 heteroatoms. The van der Waals surface area contributed by atoms with E-state index in [4.69, 9.17) is 14.5 Å². The summed E-state index contributed by atoms with van der Waals surface area (Å²) in [6.07, 6.45) is 0.754. The van der Waals surface area contributed by atoms with E-state index in [1.165, 1.54) is 5.56 Å². The fourth-order valence-corrected chi connectivity index (χ4v) is 4.86. The van der Waals surface area contributed by atoms with Gasteiger partial charge in [-0.05, 0) is 78.8 Å². The molecule has 5 rings (SSSR count). The summed E-state index contributed by atoms with van der Waals surface area (Å²) in [5.41, 5.74) is 6.73. The van der Waals surface area contributed by atoms with Gasteiger partial charge in [-0.25, -0.2) is 0 Å². The van der Waals surface area contributed by atoms with Crippen LogP contribution in [0.1, 0.15) is 35.3 Å². The normalized spacial score (nSPS) is 14.8. The molecule has 2 aliphatic rings. The second kappa shape index (κ2) is 12.2. The van der Waals surface area contributed by atoms with Crippen molar-refractivity contribution in [2.24, 2.45) is 4.99 Å². The number of morpholine rings is 1. The molecule has 1 N–H and O–H groups in total. The minimum absolute atomic E-state index is 0.126. The van der Waals surface area contributed by atoms with Crippen LogP contribution in [0.25, 0.3) is 0 Å². The van der Waals surface area contributed by atoms with Gasteiger partial charge in [0.05, 0.1) is 24.6 Å². The third-order valence-corrected chi connectivity index (χ3v) is 7.22. The van der Waals surface area contributed by atoms with Crippen LogP contribution in [0.3, 0.4) is 0 Å². The fraction of sp³-hybridized carbons (Fsp3) is 0.355. The standard InChI is InChI=1S/C31H36N4O3/c1-3-34(4-2)15-20-38-28-13-14-29-25(21-28)22-30(33-29)23-5-7-24(8-6-23)31(36)32-26-9-11-27(12-10-26)35-16-18-37-19-17-35/h5-14,21H,3-4,15-20,22H2,1-2H3,(H,32,36). The molecule has 0 radical (unpaired) electrons. The van der Waals surface area contributed by atoms with E-state index < -0.39 is 0 Å². The first-order chi connectivity index (χ1) is 18.6. The molecular weight excluding hydrogens is 476 g/mol. The number of ether oxygens (including phenoxy) is 2. The second-order valence-corrected chi connectivity index (χ2v) is 9.58. The molecule has 3 aromatic carbocycles. The molecule has 198 valence electrons. The van der Waals surface area contributed by atoms with E-state index in [1.807, 2.05) is 60.7 Å². The minimum Gasteiger partial charge on any atom is -0.492 e. The third kappa shape index (κ3) is 6.23. The Kier molecular flexibility index (Phi) is 8.36. The summed E-state index contributed by atoms with van der Waals surface area (Å²) < 4.78 is 11.4. The first-order valence-electron chi connectivity index (χ1n) is 13.5. The Balaban J connectivity index is 1.15. The van der Waals surface area contributed by atoms with E-state index in [2.05, 4.69) is 35.0 Å². The number of fused-ring (bicyclic) bond motifs is 1. The van der Waals surface area contributed by atoms with Gasteiger partial charge < -0.3 is 24.6 Å². The van der Waals surface area contributed by atoms with Crippen molar-refractivity contribution in [1.82, 2.24) is 4.90 Å². The fourth-order valence-electron chi connectivity index (χ4n) is 4.86. The Morgan fingerprint density at radius 2 is 1.74 bits per heavy atom. The van der Waals surface area contributed by atoms with Gasteiger partial charge in [-0.15, -0.1) is 0 Å². The van der Waals surface area contributed by atoms with Gasteiger partial charge >= 0.3 is 0 Å². The highest BCUT2D eigenvalue weighted by molar-refractivity contribution is 6.08. The molecule has 0 spiro atoms. The Hall–Kier alpha value is -3.68. The van der Waals surface area contributed by atoms with Gasteiger partial charge in [-0.2, -0.15) is 0 Å². The molecule has 0 saturated carbocycles. The lowest BCUT2D eigenvalue weighted by Crippen LogP contribution is -2.36. The van der Waals surface area contributed by atoms with Crippen LogP contribution in [0.2, 0.25) is 0 Å². The average molecular weight is 513 g/mol. The number of benzene rings is 3. The van der Waals surface area contributed by atoms with Gasteiger partial charge in [0, 0.05) is 43.0 Å². The summed E-state index contributed by atoms with van der Waals surface area (Å²) in [4.78, 5) is 22.3. The molecule has 1 saturated heterocycles. The quantitative estimate of drug-likeness (QED) is 0.406. The molecule has 1 fully saturated rings. The summed E-state index contributed by atoms with van der Waals surface area (Å²) in [5.74, 6) is 0.760.